The number of rotatable bonds is 4. The quantitative estimate of drug-likeness (QED) is 0.649. The summed E-state index contributed by atoms with van der Waals surface area (Å²) in [6, 6.07) is 3.02. The molecule has 0 aliphatic rings. The number of esters is 1. The maximum Gasteiger partial charge on any atom is 0.441 e. The average molecular weight is 305 g/mol. The first-order valence-electron chi connectivity index (χ1n) is 5.77. The van der Waals surface area contributed by atoms with Gasteiger partial charge in [0.2, 0.25) is 5.91 Å². The molecule has 0 saturated carbocycles. The number of nitrogens with zero attached hydrogens (tertiary/aromatic N) is 1. The third kappa shape index (κ3) is 3.41. The Morgan fingerprint density at radius 1 is 1.33 bits per heavy atom. The summed E-state index contributed by atoms with van der Waals surface area (Å²) in [6.07, 6.45) is -3.89. The summed E-state index contributed by atoms with van der Waals surface area (Å²) in [5.41, 5.74) is -3.05. The van der Waals surface area contributed by atoms with Gasteiger partial charge in [-0.2, -0.15) is 13.2 Å². The number of halogens is 3. The van der Waals surface area contributed by atoms with Gasteiger partial charge in [0, 0.05) is 13.1 Å². The van der Waals surface area contributed by atoms with Crippen molar-refractivity contribution in [2.45, 2.75) is 25.7 Å². The van der Waals surface area contributed by atoms with E-state index >= 15 is 0 Å². The molecule has 0 saturated heterocycles. The number of hydrogen-bond donors (Lipinski definition) is 2. The van der Waals surface area contributed by atoms with Crippen molar-refractivity contribution in [2.24, 2.45) is 0 Å². The monoisotopic (exact) mass is 305 g/mol. The van der Waals surface area contributed by atoms with Crippen molar-refractivity contribution in [3.63, 3.8) is 0 Å². The van der Waals surface area contributed by atoms with Crippen molar-refractivity contribution in [1.29, 1.82) is 0 Å². The van der Waals surface area contributed by atoms with Gasteiger partial charge in [0.15, 0.2) is 0 Å². The molecule has 116 valence electrons. The lowest BCUT2D eigenvalue weighted by Gasteiger charge is -2.34. The van der Waals surface area contributed by atoms with Gasteiger partial charge in [-0.3, -0.25) is 4.79 Å². The lowest BCUT2D eigenvalue weighted by molar-refractivity contribution is -0.206. The number of nitrogens with one attached hydrogen (secondary N) is 2. The normalized spacial score (nSPS) is 14.0. The third-order valence-electron chi connectivity index (χ3n) is 2.60. The van der Waals surface area contributed by atoms with E-state index in [4.69, 9.17) is 0 Å². The number of carbonyl (C=O) groups excluding carboxylic acids is 2. The van der Waals surface area contributed by atoms with Crippen molar-refractivity contribution in [3.8, 4) is 0 Å². The zero-order valence-electron chi connectivity index (χ0n) is 11.5. The highest BCUT2D eigenvalue weighted by molar-refractivity contribution is 5.90. The van der Waals surface area contributed by atoms with Gasteiger partial charge in [0.1, 0.15) is 5.82 Å². The van der Waals surface area contributed by atoms with Crippen LogP contribution in [0, 0.1) is 6.92 Å². The Bertz CT molecular complexity index is 548. The van der Waals surface area contributed by atoms with E-state index in [1.54, 1.807) is 5.32 Å². The Morgan fingerprint density at radius 3 is 2.38 bits per heavy atom. The molecular formula is C12H14F3N3O3. The predicted molar refractivity (Wildman–Crippen MR) is 67.2 cm³/mol. The van der Waals surface area contributed by atoms with Crippen LogP contribution in [0.1, 0.15) is 12.5 Å². The first-order valence-corrected chi connectivity index (χ1v) is 5.77. The topological polar surface area (TPSA) is 80.3 Å². The molecule has 1 aromatic rings. The second kappa shape index (κ2) is 5.98. The zero-order chi connectivity index (χ0) is 16.3. The van der Waals surface area contributed by atoms with Gasteiger partial charge in [0.25, 0.3) is 0 Å². The molecule has 0 radical (unpaired) electrons. The second-order valence-corrected chi connectivity index (χ2v) is 4.21. The maximum absolute atomic E-state index is 13.4. The summed E-state index contributed by atoms with van der Waals surface area (Å²) in [5.74, 6) is -2.96. The van der Waals surface area contributed by atoms with Crippen molar-refractivity contribution in [3.05, 3.63) is 23.9 Å². The van der Waals surface area contributed by atoms with E-state index in [1.165, 1.54) is 25.3 Å². The minimum atomic E-state index is -5.14. The van der Waals surface area contributed by atoms with Crippen LogP contribution in [-0.4, -0.2) is 35.8 Å². The Labute approximate surface area is 118 Å². The molecule has 0 aliphatic carbocycles. The fourth-order valence-electron chi connectivity index (χ4n) is 1.60. The van der Waals surface area contributed by atoms with E-state index < -0.39 is 23.7 Å². The number of alkyl halides is 3. The number of amides is 1. The van der Waals surface area contributed by atoms with Gasteiger partial charge in [0.05, 0.1) is 7.11 Å². The van der Waals surface area contributed by atoms with Crippen LogP contribution in [0.2, 0.25) is 0 Å². The number of aromatic nitrogens is 1. The highest BCUT2D eigenvalue weighted by Gasteiger charge is 2.63. The molecule has 1 unspecified atom stereocenters. The molecule has 0 aliphatic heterocycles. The van der Waals surface area contributed by atoms with Crippen LogP contribution in [0.5, 0.6) is 0 Å². The molecule has 6 nitrogen and oxygen atoms in total. The second-order valence-electron chi connectivity index (χ2n) is 4.21. The van der Waals surface area contributed by atoms with E-state index in [-0.39, 0.29) is 5.82 Å². The molecule has 0 fully saturated rings. The van der Waals surface area contributed by atoms with Gasteiger partial charge in [-0.05, 0) is 18.6 Å². The Kier molecular flexibility index (Phi) is 4.77. The highest BCUT2D eigenvalue weighted by atomic mass is 19.4. The number of ether oxygens (including phenoxy) is 1. The average Bonchev–Trinajstić information content (AvgIpc) is 2.37. The van der Waals surface area contributed by atoms with Gasteiger partial charge in [-0.25, -0.2) is 9.78 Å². The molecule has 1 rings (SSSR count). The minimum Gasteiger partial charge on any atom is -0.466 e. The van der Waals surface area contributed by atoms with Gasteiger partial charge in [-0.1, -0.05) is 6.07 Å². The number of methoxy groups -OCH3 is 1. The SMILES string of the molecule is COC(=O)C(NC(C)=O)(Nc1ncccc1C)C(F)(F)F. The van der Waals surface area contributed by atoms with Gasteiger partial charge < -0.3 is 15.4 Å². The molecule has 0 bridgehead atoms. The molecule has 21 heavy (non-hydrogen) atoms. The number of hydrogen-bond acceptors (Lipinski definition) is 5. The Balaban J connectivity index is 3.38. The van der Waals surface area contributed by atoms with E-state index in [1.807, 2.05) is 5.32 Å². The van der Waals surface area contributed by atoms with Crippen LogP contribution in [0.4, 0.5) is 19.0 Å². The zero-order valence-corrected chi connectivity index (χ0v) is 11.5. The summed E-state index contributed by atoms with van der Waals surface area (Å²) in [5, 5.41) is 3.51. The van der Waals surface area contributed by atoms with E-state index in [0.29, 0.717) is 5.56 Å². The molecule has 1 amide bonds. The molecular weight excluding hydrogens is 291 g/mol. The lowest BCUT2D eigenvalue weighted by Crippen LogP contribution is -2.69. The summed E-state index contributed by atoms with van der Waals surface area (Å²) < 4.78 is 44.3. The van der Waals surface area contributed by atoms with Gasteiger partial charge >= 0.3 is 17.8 Å². The lowest BCUT2D eigenvalue weighted by atomic mass is 10.1. The summed E-state index contributed by atoms with van der Waals surface area (Å²) in [7, 11) is 0.789. The number of carbonyl (C=O) groups is 2. The van der Waals surface area contributed by atoms with Crippen molar-refractivity contribution < 1.29 is 27.5 Å². The molecule has 1 aromatic heterocycles. The first kappa shape index (κ1) is 16.7. The highest BCUT2D eigenvalue weighted by Crippen LogP contribution is 2.33. The Hall–Kier alpha value is -2.32. The van der Waals surface area contributed by atoms with Crippen molar-refractivity contribution in [1.82, 2.24) is 10.3 Å². The fourth-order valence-corrected chi connectivity index (χ4v) is 1.60. The van der Waals surface area contributed by atoms with Crippen molar-refractivity contribution >= 4 is 17.7 Å². The van der Waals surface area contributed by atoms with E-state index in [0.717, 1.165) is 14.0 Å². The van der Waals surface area contributed by atoms with Crippen LogP contribution in [0.25, 0.3) is 0 Å². The van der Waals surface area contributed by atoms with Crippen LogP contribution in [0.15, 0.2) is 18.3 Å². The fraction of sp³-hybridized carbons (Fsp3) is 0.417. The molecule has 9 heteroatoms. The number of aryl methyl sites for hydroxylation is 1. The van der Waals surface area contributed by atoms with Crippen LogP contribution in [-0.2, 0) is 14.3 Å². The minimum absolute atomic E-state index is 0.200. The Morgan fingerprint density at radius 2 is 1.95 bits per heavy atom. The predicted octanol–water partition coefficient (Wildman–Crippen LogP) is 1.37. The molecule has 2 N–H and O–H groups in total. The van der Waals surface area contributed by atoms with Crippen LogP contribution in [0.3, 0.4) is 0 Å². The summed E-state index contributed by atoms with van der Waals surface area (Å²) >= 11 is 0. The largest absolute Gasteiger partial charge is 0.466 e. The molecule has 0 spiro atoms. The number of anilines is 1. The van der Waals surface area contributed by atoms with Crippen LogP contribution >= 0.6 is 0 Å². The molecule has 1 atom stereocenters. The molecule has 0 aromatic carbocycles. The van der Waals surface area contributed by atoms with Crippen LogP contribution < -0.4 is 10.6 Å². The van der Waals surface area contributed by atoms with Gasteiger partial charge in [-0.15, -0.1) is 0 Å². The first-order chi connectivity index (χ1) is 9.64. The maximum atomic E-state index is 13.4. The standard InChI is InChI=1S/C12H14F3N3O3/c1-7-5-4-6-16-9(7)18-11(10(20)21-3,12(13,14)15)17-8(2)19/h4-6H,1-3H3,(H,16,18)(H,17,19). The van der Waals surface area contributed by atoms with E-state index in [9.17, 15) is 22.8 Å². The smallest absolute Gasteiger partial charge is 0.441 e. The summed E-state index contributed by atoms with van der Waals surface area (Å²) in [6.45, 7) is 2.36. The number of pyridine rings is 1. The van der Waals surface area contributed by atoms with Crippen molar-refractivity contribution in [2.75, 3.05) is 12.4 Å². The summed E-state index contributed by atoms with van der Waals surface area (Å²) in [4.78, 5) is 26.5. The third-order valence-corrected chi connectivity index (χ3v) is 2.60. The molecule has 1 heterocycles. The van der Waals surface area contributed by atoms with E-state index in [2.05, 4.69) is 9.72 Å².